The van der Waals surface area contributed by atoms with Crippen molar-refractivity contribution < 1.29 is 9.59 Å². The van der Waals surface area contributed by atoms with Gasteiger partial charge in [-0.3, -0.25) is 9.59 Å². The number of nitrogens with one attached hydrogen (secondary N) is 2. The quantitative estimate of drug-likeness (QED) is 0.279. The van der Waals surface area contributed by atoms with E-state index in [0.717, 1.165) is 21.4 Å². The molecule has 0 aliphatic rings. The first-order valence-electron chi connectivity index (χ1n) is 11.4. The SMILES string of the molecule is CC(Sc1ccc(NC(=O)c2ccc3ccccc3c2)cc1)C(=O)Nc1ccc(C(C)C)cc1. The van der Waals surface area contributed by atoms with Crippen LogP contribution in [0, 0.1) is 0 Å². The summed E-state index contributed by atoms with van der Waals surface area (Å²) in [5.74, 6) is 0.262. The van der Waals surface area contributed by atoms with Crippen LogP contribution in [-0.4, -0.2) is 17.1 Å². The van der Waals surface area contributed by atoms with Gasteiger partial charge < -0.3 is 10.6 Å². The maximum Gasteiger partial charge on any atom is 0.255 e. The minimum atomic E-state index is -0.261. The lowest BCUT2D eigenvalue weighted by Gasteiger charge is -2.13. The maximum absolute atomic E-state index is 12.7. The maximum atomic E-state index is 12.7. The molecule has 2 N–H and O–H groups in total. The van der Waals surface area contributed by atoms with Gasteiger partial charge in [0.25, 0.3) is 5.91 Å². The molecule has 0 saturated heterocycles. The van der Waals surface area contributed by atoms with Crippen molar-refractivity contribution in [3.63, 3.8) is 0 Å². The van der Waals surface area contributed by atoms with Gasteiger partial charge in [-0.1, -0.05) is 56.3 Å². The number of hydrogen-bond donors (Lipinski definition) is 2. The monoisotopic (exact) mass is 468 g/mol. The molecule has 0 aliphatic heterocycles. The van der Waals surface area contributed by atoms with Crippen molar-refractivity contribution in [3.05, 3.63) is 102 Å². The third kappa shape index (κ3) is 5.86. The Bertz CT molecular complexity index is 1300. The summed E-state index contributed by atoms with van der Waals surface area (Å²) in [4.78, 5) is 26.2. The predicted molar refractivity (Wildman–Crippen MR) is 143 cm³/mol. The first kappa shape index (κ1) is 23.6. The summed E-state index contributed by atoms with van der Waals surface area (Å²) in [5, 5.41) is 7.80. The highest BCUT2D eigenvalue weighted by atomic mass is 32.2. The summed E-state index contributed by atoms with van der Waals surface area (Å²) in [6.45, 7) is 6.18. The molecule has 0 heterocycles. The van der Waals surface area contributed by atoms with Crippen molar-refractivity contribution >= 4 is 45.7 Å². The first-order chi connectivity index (χ1) is 16.4. The van der Waals surface area contributed by atoms with Gasteiger partial charge in [-0.15, -0.1) is 11.8 Å². The van der Waals surface area contributed by atoms with E-state index in [9.17, 15) is 9.59 Å². The highest BCUT2D eigenvalue weighted by Crippen LogP contribution is 2.26. The molecular formula is C29H28N2O2S. The van der Waals surface area contributed by atoms with Crippen LogP contribution in [-0.2, 0) is 4.79 Å². The fourth-order valence-corrected chi connectivity index (χ4v) is 4.47. The molecule has 1 atom stereocenters. The van der Waals surface area contributed by atoms with Gasteiger partial charge in [0.2, 0.25) is 5.91 Å². The van der Waals surface area contributed by atoms with Crippen LogP contribution in [0.25, 0.3) is 10.8 Å². The van der Waals surface area contributed by atoms with E-state index in [4.69, 9.17) is 0 Å². The Morgan fingerprint density at radius 1 is 0.706 bits per heavy atom. The number of fused-ring (bicyclic) bond motifs is 1. The van der Waals surface area contributed by atoms with E-state index < -0.39 is 0 Å². The third-order valence-electron chi connectivity index (χ3n) is 5.65. The van der Waals surface area contributed by atoms with Crippen LogP contribution in [0.1, 0.15) is 42.6 Å². The van der Waals surface area contributed by atoms with Gasteiger partial charge in [0.15, 0.2) is 0 Å². The largest absolute Gasteiger partial charge is 0.325 e. The van der Waals surface area contributed by atoms with Crippen LogP contribution in [0.15, 0.2) is 95.9 Å². The van der Waals surface area contributed by atoms with Gasteiger partial charge in [0, 0.05) is 21.8 Å². The molecule has 172 valence electrons. The van der Waals surface area contributed by atoms with E-state index in [1.807, 2.05) is 97.9 Å². The van der Waals surface area contributed by atoms with Crippen LogP contribution in [0.5, 0.6) is 0 Å². The topological polar surface area (TPSA) is 58.2 Å². The molecule has 0 fully saturated rings. The van der Waals surface area contributed by atoms with E-state index in [2.05, 4.69) is 24.5 Å². The van der Waals surface area contributed by atoms with Crippen molar-refractivity contribution in [2.75, 3.05) is 10.6 Å². The molecule has 0 bridgehead atoms. The molecular weight excluding hydrogens is 440 g/mol. The van der Waals surface area contributed by atoms with Gasteiger partial charge in [0.05, 0.1) is 5.25 Å². The smallest absolute Gasteiger partial charge is 0.255 e. The first-order valence-corrected chi connectivity index (χ1v) is 12.2. The second-order valence-electron chi connectivity index (χ2n) is 8.57. The van der Waals surface area contributed by atoms with E-state index in [1.165, 1.54) is 17.3 Å². The highest BCUT2D eigenvalue weighted by Gasteiger charge is 2.15. The molecule has 0 aliphatic carbocycles. The second-order valence-corrected chi connectivity index (χ2v) is 9.98. The number of rotatable bonds is 7. The average molecular weight is 469 g/mol. The van der Waals surface area contributed by atoms with Gasteiger partial charge in [-0.2, -0.15) is 0 Å². The molecule has 0 aromatic heterocycles. The van der Waals surface area contributed by atoms with Gasteiger partial charge in [0.1, 0.15) is 0 Å². The minimum absolute atomic E-state index is 0.0454. The van der Waals surface area contributed by atoms with Crippen molar-refractivity contribution in [2.24, 2.45) is 0 Å². The van der Waals surface area contributed by atoms with Crippen molar-refractivity contribution in [3.8, 4) is 0 Å². The Kier molecular flexibility index (Phi) is 7.33. The van der Waals surface area contributed by atoms with Crippen molar-refractivity contribution in [1.82, 2.24) is 0 Å². The van der Waals surface area contributed by atoms with Crippen LogP contribution >= 0.6 is 11.8 Å². The molecule has 0 radical (unpaired) electrons. The zero-order valence-corrected chi connectivity index (χ0v) is 20.4. The van der Waals surface area contributed by atoms with Crippen LogP contribution in [0.3, 0.4) is 0 Å². The van der Waals surface area contributed by atoms with E-state index in [1.54, 1.807) is 0 Å². The number of carbonyl (C=O) groups is 2. The molecule has 4 rings (SSSR count). The Balaban J connectivity index is 1.33. The lowest BCUT2D eigenvalue weighted by molar-refractivity contribution is -0.115. The van der Waals surface area contributed by atoms with E-state index in [-0.39, 0.29) is 17.1 Å². The zero-order valence-electron chi connectivity index (χ0n) is 19.5. The average Bonchev–Trinajstić information content (AvgIpc) is 2.85. The molecule has 4 aromatic carbocycles. The van der Waals surface area contributed by atoms with Crippen molar-refractivity contribution in [1.29, 1.82) is 0 Å². The number of thioether (sulfide) groups is 1. The summed E-state index contributed by atoms with van der Waals surface area (Å²) >= 11 is 1.48. The summed E-state index contributed by atoms with van der Waals surface area (Å²) in [6.07, 6.45) is 0. The van der Waals surface area contributed by atoms with Gasteiger partial charge in [-0.05, 0) is 77.7 Å². The molecule has 4 aromatic rings. The number of anilines is 2. The molecule has 0 spiro atoms. The minimum Gasteiger partial charge on any atom is -0.325 e. The standard InChI is InChI=1S/C29H28N2O2S/c1-19(2)21-10-12-25(13-11-21)30-28(32)20(3)34-27-16-14-26(15-17-27)31-29(33)24-9-8-22-6-4-5-7-23(22)18-24/h4-20H,1-3H3,(H,30,32)(H,31,33). The van der Waals surface area contributed by atoms with Gasteiger partial charge in [-0.25, -0.2) is 0 Å². The summed E-state index contributed by atoms with van der Waals surface area (Å²) in [6, 6.07) is 29.2. The molecule has 34 heavy (non-hydrogen) atoms. The van der Waals surface area contributed by atoms with E-state index >= 15 is 0 Å². The Morgan fingerprint density at radius 2 is 1.32 bits per heavy atom. The molecule has 1 unspecified atom stereocenters. The Labute approximate surface area is 204 Å². The van der Waals surface area contributed by atoms with Crippen LogP contribution < -0.4 is 10.6 Å². The fourth-order valence-electron chi connectivity index (χ4n) is 3.60. The number of hydrogen-bond acceptors (Lipinski definition) is 3. The molecule has 4 nitrogen and oxygen atoms in total. The van der Waals surface area contributed by atoms with E-state index in [0.29, 0.717) is 17.2 Å². The summed E-state index contributed by atoms with van der Waals surface area (Å²) < 4.78 is 0. The van der Waals surface area contributed by atoms with Crippen LogP contribution in [0.4, 0.5) is 11.4 Å². The lowest BCUT2D eigenvalue weighted by Crippen LogP contribution is -2.22. The highest BCUT2D eigenvalue weighted by molar-refractivity contribution is 8.00. The third-order valence-corrected chi connectivity index (χ3v) is 6.76. The Morgan fingerprint density at radius 3 is 2.00 bits per heavy atom. The lowest BCUT2D eigenvalue weighted by atomic mass is 10.0. The molecule has 5 heteroatoms. The second kappa shape index (κ2) is 10.6. The Hall–Kier alpha value is -3.57. The fraction of sp³-hybridized carbons (Fsp3) is 0.172. The number of benzene rings is 4. The van der Waals surface area contributed by atoms with Crippen LogP contribution in [0.2, 0.25) is 0 Å². The molecule has 0 saturated carbocycles. The zero-order chi connectivity index (χ0) is 24.1. The number of amides is 2. The predicted octanol–water partition coefficient (Wildman–Crippen LogP) is 7.33. The summed E-state index contributed by atoms with van der Waals surface area (Å²) in [5.41, 5.74) is 3.37. The molecule has 2 amide bonds. The van der Waals surface area contributed by atoms with Crippen molar-refractivity contribution in [2.45, 2.75) is 36.8 Å². The summed E-state index contributed by atoms with van der Waals surface area (Å²) in [7, 11) is 0. The normalized spacial score (nSPS) is 11.9. The number of carbonyl (C=O) groups excluding carboxylic acids is 2. The van der Waals surface area contributed by atoms with Gasteiger partial charge >= 0.3 is 0 Å².